The summed E-state index contributed by atoms with van der Waals surface area (Å²) < 4.78 is 40.2. The van der Waals surface area contributed by atoms with Crippen LogP contribution in [-0.4, -0.2) is 58.6 Å². The van der Waals surface area contributed by atoms with Gasteiger partial charge in [-0.1, -0.05) is 24.3 Å². The molecule has 7 nitrogen and oxygen atoms in total. The lowest BCUT2D eigenvalue weighted by Crippen LogP contribution is -2.46. The molecule has 2 saturated heterocycles. The number of rotatable bonds is 10. The maximum Gasteiger partial charge on any atom is 0.187 e. The van der Waals surface area contributed by atoms with E-state index in [0.717, 1.165) is 22.6 Å². The highest BCUT2D eigenvalue weighted by molar-refractivity contribution is 5.27. The van der Waals surface area contributed by atoms with Crippen molar-refractivity contribution in [3.8, 4) is 11.5 Å². The average molecular weight is 416 g/mol. The molecule has 0 N–H and O–H groups in total. The molecule has 0 radical (unpaired) electrons. The van der Waals surface area contributed by atoms with Crippen LogP contribution in [0.1, 0.15) is 11.1 Å². The zero-order valence-corrected chi connectivity index (χ0v) is 17.5. The molecule has 30 heavy (non-hydrogen) atoms. The van der Waals surface area contributed by atoms with Crippen molar-refractivity contribution in [2.24, 2.45) is 0 Å². The Labute approximate surface area is 176 Å². The number of methoxy groups -OCH3 is 3. The molecular formula is C23H28O7. The van der Waals surface area contributed by atoms with E-state index in [1.807, 2.05) is 48.5 Å². The van der Waals surface area contributed by atoms with Gasteiger partial charge in [0, 0.05) is 7.11 Å². The lowest BCUT2D eigenvalue weighted by atomic mass is 10.00. The van der Waals surface area contributed by atoms with Crippen LogP contribution in [0.4, 0.5) is 0 Å². The van der Waals surface area contributed by atoms with Crippen LogP contribution in [0.5, 0.6) is 11.5 Å². The smallest absolute Gasteiger partial charge is 0.187 e. The predicted octanol–water partition coefficient (Wildman–Crippen LogP) is 2.95. The minimum absolute atomic E-state index is 0.277. The maximum absolute atomic E-state index is 6.25. The van der Waals surface area contributed by atoms with Gasteiger partial charge in [0.2, 0.25) is 0 Å². The number of hydrogen-bond acceptors (Lipinski definition) is 7. The highest BCUT2D eigenvalue weighted by Gasteiger charge is 2.63. The summed E-state index contributed by atoms with van der Waals surface area (Å²) >= 11 is 0. The number of benzene rings is 2. The quantitative estimate of drug-likeness (QED) is 0.590. The lowest BCUT2D eigenvalue weighted by Gasteiger charge is -2.30. The topological polar surface area (TPSA) is 64.6 Å². The molecule has 0 aromatic heterocycles. The van der Waals surface area contributed by atoms with Gasteiger partial charge in [0.25, 0.3) is 0 Å². The Kier molecular flexibility index (Phi) is 6.55. The Bertz CT molecular complexity index is 807. The normalized spacial score (nSPS) is 27.4. The van der Waals surface area contributed by atoms with Crippen molar-refractivity contribution in [2.45, 2.75) is 37.3 Å². The first kappa shape index (κ1) is 21.1. The molecule has 2 aliphatic rings. The third-order valence-corrected chi connectivity index (χ3v) is 5.55. The van der Waals surface area contributed by atoms with E-state index in [9.17, 15) is 0 Å². The van der Waals surface area contributed by atoms with Crippen molar-refractivity contribution in [2.75, 3.05) is 34.5 Å². The van der Waals surface area contributed by atoms with Gasteiger partial charge in [0.05, 0.1) is 40.6 Å². The summed E-state index contributed by atoms with van der Waals surface area (Å²) in [7, 11) is 4.91. The van der Waals surface area contributed by atoms with Gasteiger partial charge in [-0.25, -0.2) is 0 Å². The molecule has 162 valence electrons. The Hall–Kier alpha value is -2.16. The van der Waals surface area contributed by atoms with Gasteiger partial charge in [0.15, 0.2) is 6.29 Å². The molecule has 0 spiro atoms. The fraction of sp³-hybridized carbons (Fsp3) is 0.478. The molecule has 2 aliphatic heterocycles. The maximum atomic E-state index is 6.25. The van der Waals surface area contributed by atoms with Crippen LogP contribution in [0.2, 0.25) is 0 Å². The molecular weight excluding hydrogens is 388 g/mol. The van der Waals surface area contributed by atoms with Crippen molar-refractivity contribution in [1.82, 2.24) is 0 Å². The highest BCUT2D eigenvalue weighted by Crippen LogP contribution is 2.43. The van der Waals surface area contributed by atoms with E-state index >= 15 is 0 Å². The van der Waals surface area contributed by atoms with Crippen molar-refractivity contribution >= 4 is 0 Å². The summed E-state index contributed by atoms with van der Waals surface area (Å²) in [6.07, 6.45) is -1.03. The number of hydrogen-bond donors (Lipinski definition) is 0. The van der Waals surface area contributed by atoms with E-state index < -0.39 is 11.9 Å². The monoisotopic (exact) mass is 416 g/mol. The standard InChI is InChI=1S/C23H28O7/c1-24-18-8-4-16(5-9-18)12-27-14-23-15-29-20(22(26-3)30-23)21(23)28-13-17-6-10-19(25-2)11-7-17/h4-11,20-22H,12-15H2,1-3H3/t20-,21+,22+,23+/m1/s1. The second-order valence-corrected chi connectivity index (χ2v) is 7.48. The third kappa shape index (κ3) is 4.31. The Morgan fingerprint density at radius 1 is 0.867 bits per heavy atom. The van der Waals surface area contributed by atoms with Crippen LogP contribution in [-0.2, 0) is 36.9 Å². The molecule has 7 heteroatoms. The lowest BCUT2D eigenvalue weighted by molar-refractivity contribution is -0.246. The van der Waals surface area contributed by atoms with Crippen LogP contribution in [0, 0.1) is 0 Å². The molecule has 0 unspecified atom stereocenters. The third-order valence-electron chi connectivity index (χ3n) is 5.55. The highest BCUT2D eigenvalue weighted by atomic mass is 16.8. The zero-order chi connectivity index (χ0) is 21.0. The van der Waals surface area contributed by atoms with E-state index in [1.54, 1.807) is 21.3 Å². The molecule has 0 amide bonds. The fourth-order valence-corrected chi connectivity index (χ4v) is 3.88. The second-order valence-electron chi connectivity index (χ2n) is 7.48. The first-order chi connectivity index (χ1) is 14.7. The minimum Gasteiger partial charge on any atom is -0.497 e. The van der Waals surface area contributed by atoms with Crippen LogP contribution >= 0.6 is 0 Å². The van der Waals surface area contributed by atoms with Crippen molar-refractivity contribution < 1.29 is 33.2 Å². The van der Waals surface area contributed by atoms with Crippen molar-refractivity contribution in [1.29, 1.82) is 0 Å². The molecule has 0 aliphatic carbocycles. The Balaban J connectivity index is 1.38. The summed E-state index contributed by atoms with van der Waals surface area (Å²) in [5.74, 6) is 1.63. The summed E-state index contributed by atoms with van der Waals surface area (Å²) in [5.41, 5.74) is 1.41. The van der Waals surface area contributed by atoms with E-state index in [0.29, 0.717) is 26.4 Å². The molecule has 2 fully saturated rings. The van der Waals surface area contributed by atoms with Gasteiger partial charge in [-0.15, -0.1) is 0 Å². The van der Waals surface area contributed by atoms with Gasteiger partial charge in [0.1, 0.15) is 29.3 Å². The molecule has 0 saturated carbocycles. The van der Waals surface area contributed by atoms with E-state index in [4.69, 9.17) is 33.2 Å². The predicted molar refractivity (Wildman–Crippen MR) is 109 cm³/mol. The SMILES string of the molecule is COc1ccc(COC[C@@]23CO[C@@H]([C@@H](OC)O2)[C@@H]3OCc2ccc(OC)cc2)cc1. The van der Waals surface area contributed by atoms with Crippen molar-refractivity contribution in [3.05, 3.63) is 59.7 Å². The number of ether oxygens (including phenoxy) is 7. The molecule has 2 bridgehead atoms. The fourth-order valence-electron chi connectivity index (χ4n) is 3.88. The molecule has 2 aromatic rings. The first-order valence-electron chi connectivity index (χ1n) is 9.95. The first-order valence-corrected chi connectivity index (χ1v) is 9.95. The summed E-state index contributed by atoms with van der Waals surface area (Å²) in [4.78, 5) is 0. The van der Waals surface area contributed by atoms with Gasteiger partial charge in [-0.2, -0.15) is 0 Å². The van der Waals surface area contributed by atoms with Gasteiger partial charge in [-0.3, -0.25) is 0 Å². The zero-order valence-electron chi connectivity index (χ0n) is 17.5. The van der Waals surface area contributed by atoms with Crippen LogP contribution < -0.4 is 9.47 Å². The van der Waals surface area contributed by atoms with E-state index in [2.05, 4.69) is 0 Å². The summed E-state index contributed by atoms with van der Waals surface area (Å²) in [5, 5.41) is 0. The minimum atomic E-state index is -0.690. The van der Waals surface area contributed by atoms with Crippen LogP contribution in [0.15, 0.2) is 48.5 Å². The molecule has 4 atom stereocenters. The van der Waals surface area contributed by atoms with E-state index in [1.165, 1.54) is 0 Å². The summed E-state index contributed by atoms with van der Waals surface area (Å²) in [6.45, 7) is 1.66. The van der Waals surface area contributed by atoms with Crippen LogP contribution in [0.25, 0.3) is 0 Å². The average Bonchev–Trinajstić information content (AvgIpc) is 3.30. The largest absolute Gasteiger partial charge is 0.497 e. The van der Waals surface area contributed by atoms with Crippen LogP contribution in [0.3, 0.4) is 0 Å². The van der Waals surface area contributed by atoms with Gasteiger partial charge < -0.3 is 33.2 Å². The van der Waals surface area contributed by atoms with Gasteiger partial charge >= 0.3 is 0 Å². The second kappa shape index (κ2) is 9.32. The summed E-state index contributed by atoms with van der Waals surface area (Å²) in [6, 6.07) is 15.6. The Morgan fingerprint density at radius 3 is 2.03 bits per heavy atom. The number of fused-ring (bicyclic) bond motifs is 2. The Morgan fingerprint density at radius 2 is 1.47 bits per heavy atom. The van der Waals surface area contributed by atoms with E-state index in [-0.39, 0.29) is 12.2 Å². The van der Waals surface area contributed by atoms with Crippen molar-refractivity contribution in [3.63, 3.8) is 0 Å². The molecule has 4 rings (SSSR count). The van der Waals surface area contributed by atoms with Gasteiger partial charge in [-0.05, 0) is 35.4 Å². The molecule has 2 heterocycles. The molecule has 2 aromatic carbocycles.